The van der Waals surface area contributed by atoms with Crippen LogP contribution < -0.4 is 9.64 Å². The van der Waals surface area contributed by atoms with E-state index in [9.17, 15) is 4.79 Å². The average Bonchev–Trinajstić information content (AvgIpc) is 3.14. The third kappa shape index (κ3) is 4.11. The van der Waals surface area contributed by atoms with Crippen molar-refractivity contribution in [3.8, 4) is 5.75 Å². The predicted octanol–water partition coefficient (Wildman–Crippen LogP) is 3.85. The maximum Gasteiger partial charge on any atom is 0.260 e. The van der Waals surface area contributed by atoms with Crippen LogP contribution in [0.2, 0.25) is 0 Å². The van der Waals surface area contributed by atoms with Crippen molar-refractivity contribution in [1.82, 2.24) is 14.9 Å². The first kappa shape index (κ1) is 20.2. The molecular formula is C24H28N4O2S. The highest BCUT2D eigenvalue weighted by atomic mass is 32.1. The van der Waals surface area contributed by atoms with Crippen molar-refractivity contribution in [3.05, 3.63) is 46.6 Å². The van der Waals surface area contributed by atoms with Crippen LogP contribution in [0.4, 0.5) is 5.82 Å². The first-order chi connectivity index (χ1) is 15.1. The number of rotatable bonds is 4. The van der Waals surface area contributed by atoms with Gasteiger partial charge in [-0.2, -0.15) is 0 Å². The number of ether oxygens (including phenoxy) is 1. The summed E-state index contributed by atoms with van der Waals surface area (Å²) in [6.45, 7) is 7.33. The average molecular weight is 437 g/mol. The summed E-state index contributed by atoms with van der Waals surface area (Å²) in [5.41, 5.74) is 1.46. The number of para-hydroxylation sites is 1. The highest BCUT2D eigenvalue weighted by Crippen LogP contribution is 2.41. The van der Waals surface area contributed by atoms with Crippen molar-refractivity contribution in [2.45, 2.75) is 33.1 Å². The molecule has 1 atom stereocenters. The zero-order valence-electron chi connectivity index (χ0n) is 18.1. The van der Waals surface area contributed by atoms with Crippen LogP contribution in [0.1, 0.15) is 29.6 Å². The van der Waals surface area contributed by atoms with Gasteiger partial charge in [-0.15, -0.1) is 11.3 Å². The molecule has 1 aliphatic heterocycles. The van der Waals surface area contributed by atoms with Gasteiger partial charge in [-0.3, -0.25) is 4.79 Å². The Morgan fingerprint density at radius 2 is 1.94 bits per heavy atom. The van der Waals surface area contributed by atoms with Gasteiger partial charge in [0.2, 0.25) is 0 Å². The SMILES string of the molecule is Cc1nc(N2CCN(C(=O)COc3ccccc3)CC2)c2c3c(sc2n1)C[C@@H](C)CC3. The van der Waals surface area contributed by atoms with Gasteiger partial charge in [0.1, 0.15) is 22.2 Å². The summed E-state index contributed by atoms with van der Waals surface area (Å²) in [6, 6.07) is 9.50. The molecule has 5 rings (SSSR count). The molecule has 1 saturated heterocycles. The highest BCUT2D eigenvalue weighted by Gasteiger charge is 2.28. The summed E-state index contributed by atoms with van der Waals surface area (Å²) in [5.74, 6) is 3.39. The first-order valence-corrected chi connectivity index (χ1v) is 11.9. The molecule has 0 unspecified atom stereocenters. The van der Waals surface area contributed by atoms with Crippen LogP contribution in [0, 0.1) is 12.8 Å². The lowest BCUT2D eigenvalue weighted by Gasteiger charge is -2.36. The minimum absolute atomic E-state index is 0.0365. The molecule has 7 heteroatoms. The maximum absolute atomic E-state index is 12.6. The van der Waals surface area contributed by atoms with Gasteiger partial charge in [0.15, 0.2) is 6.61 Å². The summed E-state index contributed by atoms with van der Waals surface area (Å²) < 4.78 is 5.64. The number of amides is 1. The second-order valence-electron chi connectivity index (χ2n) is 8.60. The molecule has 0 bridgehead atoms. The molecule has 3 heterocycles. The normalized spacial score (nSPS) is 18.8. The Labute approximate surface area is 186 Å². The minimum atomic E-state index is 0.0365. The molecule has 2 aliphatic rings. The Morgan fingerprint density at radius 3 is 2.71 bits per heavy atom. The Balaban J connectivity index is 1.30. The van der Waals surface area contributed by atoms with Crippen LogP contribution in [-0.2, 0) is 17.6 Å². The van der Waals surface area contributed by atoms with E-state index in [-0.39, 0.29) is 12.5 Å². The molecule has 6 nitrogen and oxygen atoms in total. The summed E-state index contributed by atoms with van der Waals surface area (Å²) in [4.78, 5) is 29.1. The quantitative estimate of drug-likeness (QED) is 0.622. The number of carbonyl (C=O) groups is 1. The molecule has 2 aromatic heterocycles. The summed E-state index contributed by atoms with van der Waals surface area (Å²) in [5, 5.41) is 1.25. The Bertz CT molecular complexity index is 1090. The fourth-order valence-corrected chi connectivity index (χ4v) is 6.00. The number of nitrogens with zero attached hydrogens (tertiary/aromatic N) is 4. The number of aryl methyl sites for hydroxylation is 2. The van der Waals surface area contributed by atoms with Gasteiger partial charge < -0.3 is 14.5 Å². The number of carbonyl (C=O) groups excluding carboxylic acids is 1. The number of hydrogen-bond acceptors (Lipinski definition) is 6. The van der Waals surface area contributed by atoms with Gasteiger partial charge in [0, 0.05) is 31.1 Å². The van der Waals surface area contributed by atoms with Crippen LogP contribution in [0.25, 0.3) is 10.2 Å². The van der Waals surface area contributed by atoms with Crippen LogP contribution in [0.3, 0.4) is 0 Å². The van der Waals surface area contributed by atoms with E-state index < -0.39 is 0 Å². The zero-order valence-corrected chi connectivity index (χ0v) is 19.0. The van der Waals surface area contributed by atoms with Crippen molar-refractivity contribution in [1.29, 1.82) is 0 Å². The molecule has 0 saturated carbocycles. The zero-order chi connectivity index (χ0) is 21.4. The molecule has 3 aromatic rings. The van der Waals surface area contributed by atoms with Gasteiger partial charge in [-0.05, 0) is 49.8 Å². The molecule has 1 amide bonds. The Morgan fingerprint density at radius 1 is 1.16 bits per heavy atom. The van der Waals surface area contributed by atoms with Gasteiger partial charge in [-0.1, -0.05) is 25.1 Å². The number of piperazine rings is 1. The van der Waals surface area contributed by atoms with Crippen molar-refractivity contribution in [3.63, 3.8) is 0 Å². The van der Waals surface area contributed by atoms with E-state index in [2.05, 4.69) is 11.8 Å². The molecule has 1 aliphatic carbocycles. The lowest BCUT2D eigenvalue weighted by Crippen LogP contribution is -2.50. The van der Waals surface area contributed by atoms with Crippen molar-refractivity contribution < 1.29 is 9.53 Å². The monoisotopic (exact) mass is 436 g/mol. The number of thiophene rings is 1. The van der Waals surface area contributed by atoms with E-state index in [0.717, 1.165) is 54.1 Å². The maximum atomic E-state index is 12.6. The smallest absolute Gasteiger partial charge is 0.260 e. The number of benzene rings is 1. The number of aromatic nitrogens is 2. The second-order valence-corrected chi connectivity index (χ2v) is 9.68. The number of fused-ring (bicyclic) bond motifs is 3. The molecule has 1 aromatic carbocycles. The molecule has 31 heavy (non-hydrogen) atoms. The van der Waals surface area contributed by atoms with E-state index >= 15 is 0 Å². The van der Waals surface area contributed by atoms with Gasteiger partial charge in [0.25, 0.3) is 5.91 Å². The van der Waals surface area contributed by atoms with Crippen LogP contribution in [0.5, 0.6) is 5.75 Å². The van der Waals surface area contributed by atoms with E-state index in [1.165, 1.54) is 22.2 Å². The molecule has 1 fully saturated rings. The standard InChI is InChI=1S/C24H28N4O2S/c1-16-8-9-19-20(14-16)31-24-22(19)23(25-17(2)26-24)28-12-10-27(11-13-28)21(29)15-30-18-6-4-3-5-7-18/h3-7,16H,8-15H2,1-2H3/t16-/m0/s1. The van der Waals surface area contributed by atoms with E-state index in [0.29, 0.717) is 13.1 Å². The summed E-state index contributed by atoms with van der Waals surface area (Å²) in [7, 11) is 0. The van der Waals surface area contributed by atoms with Crippen molar-refractivity contribution in [2.24, 2.45) is 5.92 Å². The lowest BCUT2D eigenvalue weighted by atomic mass is 9.89. The third-order valence-corrected chi connectivity index (χ3v) is 7.43. The van der Waals surface area contributed by atoms with E-state index in [1.807, 2.05) is 53.5 Å². The first-order valence-electron chi connectivity index (χ1n) is 11.1. The van der Waals surface area contributed by atoms with Crippen LogP contribution >= 0.6 is 11.3 Å². The van der Waals surface area contributed by atoms with Gasteiger partial charge in [-0.25, -0.2) is 9.97 Å². The predicted molar refractivity (Wildman–Crippen MR) is 124 cm³/mol. The molecule has 162 valence electrons. The minimum Gasteiger partial charge on any atom is -0.484 e. The van der Waals surface area contributed by atoms with Crippen LogP contribution in [-0.4, -0.2) is 53.6 Å². The highest BCUT2D eigenvalue weighted by molar-refractivity contribution is 7.19. The Hall–Kier alpha value is -2.67. The molecule has 0 radical (unpaired) electrons. The van der Waals surface area contributed by atoms with E-state index in [1.54, 1.807) is 0 Å². The van der Waals surface area contributed by atoms with Gasteiger partial charge in [0.05, 0.1) is 5.39 Å². The largest absolute Gasteiger partial charge is 0.484 e. The number of hydrogen-bond donors (Lipinski definition) is 0. The van der Waals surface area contributed by atoms with Crippen LogP contribution in [0.15, 0.2) is 30.3 Å². The summed E-state index contributed by atoms with van der Waals surface area (Å²) >= 11 is 1.85. The fourth-order valence-electron chi connectivity index (χ4n) is 4.58. The van der Waals surface area contributed by atoms with Crippen molar-refractivity contribution >= 4 is 33.3 Å². The second kappa shape index (κ2) is 8.46. The van der Waals surface area contributed by atoms with Crippen molar-refractivity contribution in [2.75, 3.05) is 37.7 Å². The molecule has 0 N–H and O–H groups in total. The number of anilines is 1. The topological polar surface area (TPSA) is 58.6 Å². The lowest BCUT2D eigenvalue weighted by molar-refractivity contribution is -0.133. The van der Waals surface area contributed by atoms with E-state index in [4.69, 9.17) is 14.7 Å². The summed E-state index contributed by atoms with van der Waals surface area (Å²) in [6.07, 6.45) is 3.50. The fraction of sp³-hybridized carbons (Fsp3) is 0.458. The third-order valence-electron chi connectivity index (χ3n) is 6.29. The molecule has 0 spiro atoms. The molecular weight excluding hydrogens is 408 g/mol. The van der Waals surface area contributed by atoms with Gasteiger partial charge >= 0.3 is 0 Å². The Kier molecular flexibility index (Phi) is 5.52.